The minimum Gasteiger partial charge on any atom is -0.461 e. The summed E-state index contributed by atoms with van der Waals surface area (Å²) in [7, 11) is 0. The molecule has 0 spiro atoms. The van der Waals surface area contributed by atoms with Gasteiger partial charge in [-0.2, -0.15) is 0 Å². The maximum Gasteiger partial charge on any atom is 0.334 e. The predicted molar refractivity (Wildman–Crippen MR) is 86.4 cm³/mol. The van der Waals surface area contributed by atoms with Crippen LogP contribution in [0.15, 0.2) is 23.8 Å². The summed E-state index contributed by atoms with van der Waals surface area (Å²) < 4.78 is 11.4. The molecule has 23 heavy (non-hydrogen) atoms. The third-order valence-corrected chi connectivity index (χ3v) is 6.01. The first-order valence-electron chi connectivity index (χ1n) is 8.51. The molecular weight excluding hydrogens is 292 g/mol. The molecule has 0 N–H and O–H groups in total. The van der Waals surface area contributed by atoms with Gasteiger partial charge in [0.1, 0.15) is 12.2 Å². The molecule has 0 aromatic heterocycles. The van der Waals surface area contributed by atoms with E-state index in [9.17, 15) is 9.59 Å². The Morgan fingerprint density at radius 2 is 2.17 bits per heavy atom. The molecule has 1 saturated carbocycles. The zero-order valence-electron chi connectivity index (χ0n) is 14.4. The minimum atomic E-state index is -0.264. The first kappa shape index (κ1) is 16.3. The zero-order valence-corrected chi connectivity index (χ0v) is 14.4. The zero-order chi connectivity index (χ0) is 16.9. The summed E-state index contributed by atoms with van der Waals surface area (Å²) in [6, 6.07) is 0. The second-order valence-electron chi connectivity index (χ2n) is 7.84. The number of esters is 2. The average Bonchev–Trinajstić information content (AvgIpc) is 2.74. The van der Waals surface area contributed by atoms with Crippen LogP contribution in [0.2, 0.25) is 0 Å². The topological polar surface area (TPSA) is 52.6 Å². The van der Waals surface area contributed by atoms with Crippen LogP contribution >= 0.6 is 0 Å². The van der Waals surface area contributed by atoms with E-state index in [2.05, 4.69) is 26.5 Å². The molecule has 2 aliphatic carbocycles. The van der Waals surface area contributed by atoms with Gasteiger partial charge in [0.2, 0.25) is 0 Å². The van der Waals surface area contributed by atoms with Crippen LogP contribution in [0.3, 0.4) is 0 Å². The lowest BCUT2D eigenvalue weighted by Gasteiger charge is -2.51. The fourth-order valence-corrected chi connectivity index (χ4v) is 4.47. The Kier molecular flexibility index (Phi) is 3.89. The van der Waals surface area contributed by atoms with Gasteiger partial charge in [-0.15, -0.1) is 0 Å². The molecule has 4 nitrogen and oxygen atoms in total. The van der Waals surface area contributed by atoms with Crippen LogP contribution in [-0.2, 0) is 19.1 Å². The third kappa shape index (κ3) is 2.52. The van der Waals surface area contributed by atoms with Gasteiger partial charge in [0.15, 0.2) is 0 Å². The quantitative estimate of drug-likeness (QED) is 0.445. The number of carbonyl (C=O) groups is 2. The van der Waals surface area contributed by atoms with E-state index in [4.69, 9.17) is 9.47 Å². The van der Waals surface area contributed by atoms with Gasteiger partial charge < -0.3 is 9.47 Å². The highest BCUT2D eigenvalue weighted by atomic mass is 16.6. The lowest BCUT2D eigenvalue weighted by Crippen LogP contribution is -2.51. The Morgan fingerprint density at radius 1 is 1.48 bits per heavy atom. The highest BCUT2D eigenvalue weighted by molar-refractivity contribution is 5.90. The van der Waals surface area contributed by atoms with Crippen molar-refractivity contribution in [3.63, 3.8) is 0 Å². The largest absolute Gasteiger partial charge is 0.461 e. The SMILES string of the molecule is C=C1C(=O)O[C@H]2C[C@@]3(C)[C@H](OC(=O)C(C)C)CC=C(C)[C@@H]3C[C@H]12. The van der Waals surface area contributed by atoms with Crippen molar-refractivity contribution in [2.24, 2.45) is 23.2 Å². The Balaban J connectivity index is 1.89. The summed E-state index contributed by atoms with van der Waals surface area (Å²) >= 11 is 0. The van der Waals surface area contributed by atoms with Crippen molar-refractivity contribution in [1.82, 2.24) is 0 Å². The molecule has 1 aliphatic heterocycles. The molecule has 0 aromatic carbocycles. The molecule has 2 fully saturated rings. The van der Waals surface area contributed by atoms with E-state index >= 15 is 0 Å². The Bertz CT molecular complexity index is 588. The standard InChI is InChI=1S/C19H26O4/c1-10(2)17(20)23-16-7-6-11(3)14-8-13-12(4)18(21)22-15(13)9-19(14,16)5/h6,10,13-16H,4,7-9H2,1-3,5H3/t13-,14+,15+,16-,19-/m1/s1. The maximum atomic E-state index is 12.1. The van der Waals surface area contributed by atoms with Crippen LogP contribution in [0, 0.1) is 23.2 Å². The van der Waals surface area contributed by atoms with Crippen molar-refractivity contribution in [2.45, 2.75) is 59.2 Å². The van der Waals surface area contributed by atoms with Crippen LogP contribution in [0.1, 0.15) is 47.0 Å². The molecule has 0 bridgehead atoms. The second kappa shape index (κ2) is 5.50. The number of carbonyl (C=O) groups excluding carboxylic acids is 2. The predicted octanol–water partition coefficient (Wildman–Crippen LogP) is 3.42. The van der Waals surface area contributed by atoms with Gasteiger partial charge >= 0.3 is 11.9 Å². The van der Waals surface area contributed by atoms with Crippen LogP contribution in [0.5, 0.6) is 0 Å². The molecule has 3 aliphatic rings. The van der Waals surface area contributed by atoms with E-state index in [1.165, 1.54) is 5.57 Å². The van der Waals surface area contributed by atoms with Gasteiger partial charge in [-0.05, 0) is 25.7 Å². The third-order valence-electron chi connectivity index (χ3n) is 6.01. The lowest BCUT2D eigenvalue weighted by molar-refractivity contribution is -0.170. The lowest BCUT2D eigenvalue weighted by atomic mass is 9.55. The summed E-state index contributed by atoms with van der Waals surface area (Å²) in [4.78, 5) is 24.0. The molecule has 0 aromatic rings. The Hall–Kier alpha value is -1.58. The average molecular weight is 318 g/mol. The van der Waals surface area contributed by atoms with E-state index < -0.39 is 0 Å². The van der Waals surface area contributed by atoms with E-state index in [0.717, 1.165) is 19.3 Å². The number of hydrogen-bond acceptors (Lipinski definition) is 4. The summed E-state index contributed by atoms with van der Waals surface area (Å²) in [6.07, 6.45) is 4.23. The molecule has 4 heteroatoms. The van der Waals surface area contributed by atoms with Crippen molar-refractivity contribution >= 4 is 11.9 Å². The van der Waals surface area contributed by atoms with E-state index in [1.807, 2.05) is 13.8 Å². The van der Waals surface area contributed by atoms with Crippen molar-refractivity contribution < 1.29 is 19.1 Å². The van der Waals surface area contributed by atoms with Crippen LogP contribution in [0.25, 0.3) is 0 Å². The van der Waals surface area contributed by atoms with Gasteiger partial charge in [-0.3, -0.25) is 4.79 Å². The van der Waals surface area contributed by atoms with E-state index in [0.29, 0.717) is 11.5 Å². The number of allylic oxidation sites excluding steroid dienone is 1. The highest BCUT2D eigenvalue weighted by Crippen LogP contribution is 2.56. The number of fused-ring (bicyclic) bond motifs is 2. The molecule has 1 heterocycles. The fourth-order valence-electron chi connectivity index (χ4n) is 4.47. The first-order valence-corrected chi connectivity index (χ1v) is 8.51. The summed E-state index contributed by atoms with van der Waals surface area (Å²) in [5, 5.41) is 0. The number of rotatable bonds is 2. The molecule has 0 radical (unpaired) electrons. The summed E-state index contributed by atoms with van der Waals surface area (Å²) in [5.41, 5.74) is 1.75. The monoisotopic (exact) mass is 318 g/mol. The normalized spacial score (nSPS) is 39.4. The molecule has 126 valence electrons. The summed E-state index contributed by atoms with van der Waals surface area (Å²) in [5.74, 6) is -0.154. The molecular formula is C19H26O4. The molecule has 0 amide bonds. The van der Waals surface area contributed by atoms with Crippen molar-refractivity contribution in [3.8, 4) is 0 Å². The van der Waals surface area contributed by atoms with Crippen LogP contribution in [0.4, 0.5) is 0 Å². The van der Waals surface area contributed by atoms with Gasteiger partial charge in [0, 0.05) is 23.3 Å². The number of ether oxygens (including phenoxy) is 2. The maximum absolute atomic E-state index is 12.1. The Morgan fingerprint density at radius 3 is 2.83 bits per heavy atom. The minimum absolute atomic E-state index is 0.100. The highest BCUT2D eigenvalue weighted by Gasteiger charge is 2.56. The summed E-state index contributed by atoms with van der Waals surface area (Å²) in [6.45, 7) is 11.9. The molecule has 0 unspecified atom stereocenters. The first-order chi connectivity index (χ1) is 10.7. The van der Waals surface area contributed by atoms with E-state index in [1.54, 1.807) is 0 Å². The Labute approximate surface area is 137 Å². The fraction of sp³-hybridized carbons (Fsp3) is 0.684. The van der Waals surface area contributed by atoms with Gasteiger partial charge in [0.25, 0.3) is 0 Å². The van der Waals surface area contributed by atoms with Crippen LogP contribution in [-0.4, -0.2) is 24.1 Å². The second-order valence-corrected chi connectivity index (χ2v) is 7.84. The van der Waals surface area contributed by atoms with Crippen molar-refractivity contribution in [1.29, 1.82) is 0 Å². The van der Waals surface area contributed by atoms with E-state index in [-0.39, 0.29) is 41.4 Å². The van der Waals surface area contributed by atoms with Gasteiger partial charge in [0.05, 0.1) is 5.92 Å². The van der Waals surface area contributed by atoms with Crippen LogP contribution < -0.4 is 0 Å². The van der Waals surface area contributed by atoms with Gasteiger partial charge in [-0.1, -0.05) is 39.0 Å². The number of hydrogen-bond donors (Lipinski definition) is 0. The van der Waals surface area contributed by atoms with Gasteiger partial charge in [-0.25, -0.2) is 4.79 Å². The van der Waals surface area contributed by atoms with Crippen molar-refractivity contribution in [3.05, 3.63) is 23.8 Å². The molecule has 1 saturated heterocycles. The molecule has 3 rings (SSSR count). The molecule has 5 atom stereocenters. The van der Waals surface area contributed by atoms with Crippen molar-refractivity contribution in [2.75, 3.05) is 0 Å². The smallest absolute Gasteiger partial charge is 0.334 e.